The van der Waals surface area contributed by atoms with Gasteiger partial charge in [0, 0.05) is 23.7 Å². The van der Waals surface area contributed by atoms with Crippen molar-refractivity contribution >= 4 is 0 Å². The molecule has 0 aliphatic carbocycles. The lowest BCUT2D eigenvalue weighted by molar-refractivity contribution is 0.382. The van der Waals surface area contributed by atoms with Crippen LogP contribution in [0, 0.1) is 6.92 Å². The summed E-state index contributed by atoms with van der Waals surface area (Å²) in [5.41, 5.74) is 8.13. The van der Waals surface area contributed by atoms with E-state index in [0.717, 1.165) is 35.7 Å². The number of nitrogens with two attached hydrogens (primary N) is 1. The number of likely N-dealkylation sites (N-methyl/N-ethyl adjacent to an activating group) is 1. The summed E-state index contributed by atoms with van der Waals surface area (Å²) in [6, 6.07) is 3.82. The molecule has 0 amide bonds. The number of rotatable bonds is 6. The molecule has 1 aromatic rings. The van der Waals surface area contributed by atoms with Crippen LogP contribution in [0.15, 0.2) is 12.1 Å². The van der Waals surface area contributed by atoms with Crippen molar-refractivity contribution in [2.45, 2.75) is 19.9 Å². The van der Waals surface area contributed by atoms with Crippen LogP contribution in [-0.4, -0.2) is 27.3 Å². The molecule has 0 fully saturated rings. The van der Waals surface area contributed by atoms with E-state index in [4.69, 9.17) is 15.2 Å². The topological polar surface area (TPSA) is 56.5 Å². The van der Waals surface area contributed by atoms with Crippen molar-refractivity contribution in [3.63, 3.8) is 0 Å². The molecule has 0 saturated heterocycles. The molecule has 1 aromatic carbocycles. The van der Waals surface area contributed by atoms with Gasteiger partial charge in [0.1, 0.15) is 11.5 Å². The third-order valence-electron chi connectivity index (χ3n) is 2.82. The SMILES string of the molecule is CCNCC(N)c1ccc(OC)c(C)c1OC. The molecule has 0 spiro atoms. The van der Waals surface area contributed by atoms with Gasteiger partial charge in [0.2, 0.25) is 0 Å². The van der Waals surface area contributed by atoms with E-state index in [1.54, 1.807) is 14.2 Å². The van der Waals surface area contributed by atoms with Gasteiger partial charge in [0.15, 0.2) is 0 Å². The summed E-state index contributed by atoms with van der Waals surface area (Å²) in [4.78, 5) is 0. The third kappa shape index (κ3) is 3.11. The molecule has 4 heteroatoms. The summed E-state index contributed by atoms with van der Waals surface area (Å²) < 4.78 is 10.7. The molecule has 4 nitrogen and oxygen atoms in total. The van der Waals surface area contributed by atoms with Crippen molar-refractivity contribution in [1.29, 1.82) is 0 Å². The molecule has 0 aromatic heterocycles. The Bertz CT molecular complexity index is 367. The fourth-order valence-electron chi connectivity index (χ4n) is 1.89. The number of hydrogen-bond acceptors (Lipinski definition) is 4. The van der Waals surface area contributed by atoms with Crippen molar-refractivity contribution in [2.24, 2.45) is 5.73 Å². The molecule has 3 N–H and O–H groups in total. The second kappa shape index (κ2) is 6.47. The molecular weight excluding hydrogens is 216 g/mol. The highest BCUT2D eigenvalue weighted by atomic mass is 16.5. The van der Waals surface area contributed by atoms with E-state index in [2.05, 4.69) is 12.2 Å². The molecule has 0 aliphatic heterocycles. The number of nitrogens with one attached hydrogen (secondary N) is 1. The van der Waals surface area contributed by atoms with Crippen LogP contribution >= 0.6 is 0 Å². The van der Waals surface area contributed by atoms with Crippen LogP contribution in [0.1, 0.15) is 24.1 Å². The Balaban J connectivity index is 3.03. The fraction of sp³-hybridized carbons (Fsp3) is 0.538. The van der Waals surface area contributed by atoms with Crippen molar-refractivity contribution in [1.82, 2.24) is 5.32 Å². The maximum absolute atomic E-state index is 6.13. The van der Waals surface area contributed by atoms with Gasteiger partial charge in [-0.3, -0.25) is 0 Å². The predicted molar refractivity (Wildman–Crippen MR) is 69.8 cm³/mol. The summed E-state index contributed by atoms with van der Waals surface area (Å²) >= 11 is 0. The highest BCUT2D eigenvalue weighted by molar-refractivity contribution is 5.50. The highest BCUT2D eigenvalue weighted by Gasteiger charge is 2.16. The first kappa shape index (κ1) is 13.8. The monoisotopic (exact) mass is 238 g/mol. The van der Waals surface area contributed by atoms with Gasteiger partial charge in [-0.1, -0.05) is 13.0 Å². The lowest BCUT2D eigenvalue weighted by Crippen LogP contribution is -2.27. The summed E-state index contributed by atoms with van der Waals surface area (Å²) in [6.07, 6.45) is 0. The van der Waals surface area contributed by atoms with Gasteiger partial charge in [-0.15, -0.1) is 0 Å². The molecular formula is C13H22N2O2. The minimum atomic E-state index is -0.0745. The van der Waals surface area contributed by atoms with E-state index in [9.17, 15) is 0 Å². The maximum Gasteiger partial charge on any atom is 0.130 e. The zero-order chi connectivity index (χ0) is 12.8. The second-order valence-electron chi connectivity index (χ2n) is 3.93. The van der Waals surface area contributed by atoms with Crippen LogP contribution < -0.4 is 20.5 Å². The van der Waals surface area contributed by atoms with Gasteiger partial charge in [-0.25, -0.2) is 0 Å². The van der Waals surface area contributed by atoms with Crippen LogP contribution in [0.2, 0.25) is 0 Å². The Hall–Kier alpha value is -1.26. The maximum atomic E-state index is 6.13. The molecule has 0 aliphatic rings. The minimum absolute atomic E-state index is 0.0745. The smallest absolute Gasteiger partial charge is 0.130 e. The Kier molecular flexibility index (Phi) is 5.25. The highest BCUT2D eigenvalue weighted by Crippen LogP contribution is 2.33. The van der Waals surface area contributed by atoms with Crippen molar-refractivity contribution in [3.8, 4) is 11.5 Å². The van der Waals surface area contributed by atoms with Gasteiger partial charge >= 0.3 is 0 Å². The fourth-order valence-corrected chi connectivity index (χ4v) is 1.89. The van der Waals surface area contributed by atoms with E-state index >= 15 is 0 Å². The lowest BCUT2D eigenvalue weighted by Gasteiger charge is -2.19. The van der Waals surface area contributed by atoms with Crippen molar-refractivity contribution in [3.05, 3.63) is 23.3 Å². The van der Waals surface area contributed by atoms with E-state index < -0.39 is 0 Å². The number of benzene rings is 1. The molecule has 0 heterocycles. The second-order valence-corrected chi connectivity index (χ2v) is 3.93. The van der Waals surface area contributed by atoms with Gasteiger partial charge in [-0.2, -0.15) is 0 Å². The first-order chi connectivity index (χ1) is 8.15. The molecule has 0 radical (unpaired) electrons. The first-order valence-corrected chi connectivity index (χ1v) is 5.83. The van der Waals surface area contributed by atoms with Gasteiger partial charge in [0.25, 0.3) is 0 Å². The van der Waals surface area contributed by atoms with E-state index in [-0.39, 0.29) is 6.04 Å². The molecule has 1 rings (SSSR count). The predicted octanol–water partition coefficient (Wildman–Crippen LogP) is 1.62. The molecule has 96 valence electrons. The Morgan fingerprint density at radius 2 is 2.00 bits per heavy atom. The zero-order valence-corrected chi connectivity index (χ0v) is 11.0. The average Bonchev–Trinajstić information content (AvgIpc) is 2.35. The number of hydrogen-bond donors (Lipinski definition) is 2. The Morgan fingerprint density at radius 1 is 1.29 bits per heavy atom. The summed E-state index contributed by atoms with van der Waals surface area (Å²) in [5.74, 6) is 1.64. The number of ether oxygens (including phenoxy) is 2. The van der Waals surface area contributed by atoms with Gasteiger partial charge in [0.05, 0.1) is 14.2 Å². The molecule has 17 heavy (non-hydrogen) atoms. The number of methoxy groups -OCH3 is 2. The molecule has 0 bridgehead atoms. The molecule has 0 saturated carbocycles. The van der Waals surface area contributed by atoms with Gasteiger partial charge < -0.3 is 20.5 Å². The quantitative estimate of drug-likeness (QED) is 0.790. The van der Waals surface area contributed by atoms with Crippen LogP contribution in [0.4, 0.5) is 0 Å². The van der Waals surface area contributed by atoms with Gasteiger partial charge in [-0.05, 0) is 19.5 Å². The molecule has 1 unspecified atom stereocenters. The van der Waals surface area contributed by atoms with Crippen LogP contribution in [0.25, 0.3) is 0 Å². The van der Waals surface area contributed by atoms with Crippen LogP contribution in [0.5, 0.6) is 11.5 Å². The van der Waals surface area contributed by atoms with E-state index in [1.165, 1.54) is 0 Å². The first-order valence-electron chi connectivity index (χ1n) is 5.83. The van der Waals surface area contributed by atoms with E-state index in [1.807, 2.05) is 19.1 Å². The van der Waals surface area contributed by atoms with Crippen molar-refractivity contribution in [2.75, 3.05) is 27.3 Å². The normalized spacial score (nSPS) is 12.3. The zero-order valence-electron chi connectivity index (χ0n) is 11.0. The van der Waals surface area contributed by atoms with Crippen LogP contribution in [-0.2, 0) is 0 Å². The Morgan fingerprint density at radius 3 is 2.53 bits per heavy atom. The lowest BCUT2D eigenvalue weighted by atomic mass is 10.0. The van der Waals surface area contributed by atoms with E-state index in [0.29, 0.717) is 0 Å². The average molecular weight is 238 g/mol. The third-order valence-corrected chi connectivity index (χ3v) is 2.82. The summed E-state index contributed by atoms with van der Waals surface area (Å²) in [6.45, 7) is 5.67. The van der Waals surface area contributed by atoms with Crippen LogP contribution in [0.3, 0.4) is 0 Å². The minimum Gasteiger partial charge on any atom is -0.496 e. The Labute approximate surface area is 103 Å². The van der Waals surface area contributed by atoms with Crippen molar-refractivity contribution < 1.29 is 9.47 Å². The standard InChI is InChI=1S/C13H22N2O2/c1-5-15-8-11(14)10-6-7-12(16-3)9(2)13(10)17-4/h6-7,11,15H,5,8,14H2,1-4H3. The summed E-state index contributed by atoms with van der Waals surface area (Å²) in [5, 5.41) is 3.23. The molecule has 1 atom stereocenters. The largest absolute Gasteiger partial charge is 0.496 e. The summed E-state index contributed by atoms with van der Waals surface area (Å²) in [7, 11) is 3.31.